The number of hydrogen-bond acceptors (Lipinski definition) is 4. The summed E-state index contributed by atoms with van der Waals surface area (Å²) in [6.45, 7) is 3.17. The third kappa shape index (κ3) is 2.17. The van der Waals surface area contributed by atoms with Crippen molar-refractivity contribution in [1.29, 1.82) is 0 Å². The van der Waals surface area contributed by atoms with Gasteiger partial charge in [0.15, 0.2) is 11.5 Å². The summed E-state index contributed by atoms with van der Waals surface area (Å²) in [7, 11) is -3.71. The summed E-state index contributed by atoms with van der Waals surface area (Å²) in [4.78, 5) is 0.195. The zero-order valence-corrected chi connectivity index (χ0v) is 11.4. The largest absolute Gasteiger partial charge is 0.504 e. The SMILES string of the molecule is Cc1ccccc1S(=O)(=O)c1ccc(O)c(O)c1C. The second-order valence-electron chi connectivity index (χ2n) is 4.33. The Morgan fingerprint density at radius 3 is 2.16 bits per heavy atom. The number of phenols is 2. The van der Waals surface area contributed by atoms with Crippen LogP contribution < -0.4 is 0 Å². The Morgan fingerprint density at radius 1 is 0.895 bits per heavy atom. The van der Waals surface area contributed by atoms with Crippen molar-refractivity contribution in [1.82, 2.24) is 0 Å². The van der Waals surface area contributed by atoms with Crippen LogP contribution in [0.25, 0.3) is 0 Å². The van der Waals surface area contributed by atoms with Crippen LogP contribution in [-0.4, -0.2) is 18.6 Å². The fraction of sp³-hybridized carbons (Fsp3) is 0.143. The Labute approximate surface area is 111 Å². The van der Waals surface area contributed by atoms with Gasteiger partial charge in [-0.3, -0.25) is 0 Å². The van der Waals surface area contributed by atoms with Crippen LogP contribution in [0.5, 0.6) is 11.5 Å². The second-order valence-corrected chi connectivity index (χ2v) is 6.21. The van der Waals surface area contributed by atoms with Gasteiger partial charge in [-0.05, 0) is 37.6 Å². The predicted molar refractivity (Wildman–Crippen MR) is 71.1 cm³/mol. The number of aryl methyl sites for hydroxylation is 1. The van der Waals surface area contributed by atoms with Crippen LogP contribution in [0.15, 0.2) is 46.2 Å². The first-order chi connectivity index (χ1) is 8.85. The summed E-state index contributed by atoms with van der Waals surface area (Å²) in [5.74, 6) is -0.740. The number of benzene rings is 2. The molecule has 0 amide bonds. The summed E-state index contributed by atoms with van der Waals surface area (Å²) in [6, 6.07) is 9.11. The third-order valence-electron chi connectivity index (χ3n) is 3.03. The molecule has 5 heteroatoms. The average Bonchev–Trinajstić information content (AvgIpc) is 2.36. The zero-order chi connectivity index (χ0) is 14.2. The molecule has 2 rings (SSSR count). The van der Waals surface area contributed by atoms with E-state index < -0.39 is 15.6 Å². The lowest BCUT2D eigenvalue weighted by atomic mass is 10.2. The van der Waals surface area contributed by atoms with Crippen LogP contribution in [0.2, 0.25) is 0 Å². The van der Waals surface area contributed by atoms with E-state index >= 15 is 0 Å². The van der Waals surface area contributed by atoms with E-state index in [1.165, 1.54) is 25.1 Å². The number of hydrogen-bond donors (Lipinski definition) is 2. The molecule has 0 unspecified atom stereocenters. The molecule has 2 N–H and O–H groups in total. The van der Waals surface area contributed by atoms with Crippen molar-refractivity contribution in [3.63, 3.8) is 0 Å². The van der Waals surface area contributed by atoms with E-state index in [1.54, 1.807) is 25.1 Å². The molecule has 0 aliphatic rings. The van der Waals surface area contributed by atoms with Gasteiger partial charge in [0.1, 0.15) is 0 Å². The molecule has 0 bridgehead atoms. The van der Waals surface area contributed by atoms with Gasteiger partial charge in [-0.2, -0.15) is 0 Å². The highest BCUT2D eigenvalue weighted by molar-refractivity contribution is 7.91. The lowest BCUT2D eigenvalue weighted by molar-refractivity contribution is 0.399. The van der Waals surface area contributed by atoms with E-state index in [0.29, 0.717) is 5.56 Å². The van der Waals surface area contributed by atoms with Gasteiger partial charge in [0, 0.05) is 5.56 Å². The highest BCUT2D eigenvalue weighted by Crippen LogP contribution is 2.35. The van der Waals surface area contributed by atoms with Crippen molar-refractivity contribution < 1.29 is 18.6 Å². The molecule has 0 heterocycles. The van der Waals surface area contributed by atoms with Crippen LogP contribution in [0.3, 0.4) is 0 Å². The maximum atomic E-state index is 12.5. The van der Waals surface area contributed by atoms with Gasteiger partial charge in [-0.25, -0.2) is 8.42 Å². The monoisotopic (exact) mass is 278 g/mol. The van der Waals surface area contributed by atoms with E-state index in [0.717, 1.165) is 0 Å². The number of phenolic OH excluding ortho intramolecular Hbond substituents is 2. The first kappa shape index (κ1) is 13.4. The quantitative estimate of drug-likeness (QED) is 0.828. The molecule has 0 aromatic heterocycles. The molecular formula is C14H14O4S. The van der Waals surface area contributed by atoms with Gasteiger partial charge in [0.05, 0.1) is 9.79 Å². The Kier molecular flexibility index (Phi) is 3.24. The maximum Gasteiger partial charge on any atom is 0.207 e. The maximum absolute atomic E-state index is 12.5. The highest BCUT2D eigenvalue weighted by atomic mass is 32.2. The average molecular weight is 278 g/mol. The molecule has 4 nitrogen and oxygen atoms in total. The normalized spacial score (nSPS) is 11.5. The van der Waals surface area contributed by atoms with Gasteiger partial charge >= 0.3 is 0 Å². The van der Waals surface area contributed by atoms with Crippen molar-refractivity contribution in [3.05, 3.63) is 47.5 Å². The molecule has 2 aromatic rings. The molecule has 0 fully saturated rings. The number of aromatic hydroxyl groups is 2. The summed E-state index contributed by atoms with van der Waals surface area (Å²) < 4.78 is 25.1. The summed E-state index contributed by atoms with van der Waals surface area (Å²) in [5, 5.41) is 19.0. The molecule has 0 aliphatic heterocycles. The van der Waals surface area contributed by atoms with Crippen LogP contribution >= 0.6 is 0 Å². The van der Waals surface area contributed by atoms with Crippen molar-refractivity contribution in [2.24, 2.45) is 0 Å². The summed E-state index contributed by atoms with van der Waals surface area (Å²) in [5.41, 5.74) is 0.776. The molecule has 0 aliphatic carbocycles. The predicted octanol–water partition coefficient (Wildman–Crippen LogP) is 2.55. The first-order valence-electron chi connectivity index (χ1n) is 5.68. The molecule has 0 saturated heterocycles. The molecule has 19 heavy (non-hydrogen) atoms. The topological polar surface area (TPSA) is 74.6 Å². The molecule has 100 valence electrons. The van der Waals surface area contributed by atoms with Gasteiger partial charge < -0.3 is 10.2 Å². The molecule has 0 atom stereocenters. The standard InChI is InChI=1S/C14H14O4S/c1-9-5-3-4-6-12(9)19(17,18)13-8-7-11(15)14(16)10(13)2/h3-8,15-16H,1-2H3. The zero-order valence-electron chi connectivity index (χ0n) is 10.6. The first-order valence-corrected chi connectivity index (χ1v) is 7.16. The van der Waals surface area contributed by atoms with E-state index in [2.05, 4.69) is 0 Å². The van der Waals surface area contributed by atoms with E-state index in [4.69, 9.17) is 0 Å². The van der Waals surface area contributed by atoms with Crippen molar-refractivity contribution in [2.45, 2.75) is 23.6 Å². The minimum absolute atomic E-state index is 0.00269. The second kappa shape index (κ2) is 4.59. The molecule has 0 spiro atoms. The van der Waals surface area contributed by atoms with Crippen LogP contribution in [0.4, 0.5) is 0 Å². The van der Waals surface area contributed by atoms with Crippen LogP contribution in [0.1, 0.15) is 11.1 Å². The Hall–Kier alpha value is -2.01. The van der Waals surface area contributed by atoms with Gasteiger partial charge in [0.25, 0.3) is 0 Å². The summed E-state index contributed by atoms with van der Waals surface area (Å²) >= 11 is 0. The van der Waals surface area contributed by atoms with Crippen LogP contribution in [0, 0.1) is 13.8 Å². The molecular weight excluding hydrogens is 264 g/mol. The van der Waals surface area contributed by atoms with Crippen molar-refractivity contribution in [2.75, 3.05) is 0 Å². The lowest BCUT2D eigenvalue weighted by Crippen LogP contribution is -2.06. The highest BCUT2D eigenvalue weighted by Gasteiger charge is 2.23. The van der Waals surface area contributed by atoms with Crippen molar-refractivity contribution >= 4 is 9.84 Å². The molecule has 0 radical (unpaired) electrons. The fourth-order valence-electron chi connectivity index (χ4n) is 1.93. The van der Waals surface area contributed by atoms with E-state index in [9.17, 15) is 18.6 Å². The number of sulfone groups is 1. The van der Waals surface area contributed by atoms with E-state index in [-0.39, 0.29) is 21.1 Å². The van der Waals surface area contributed by atoms with E-state index in [1.807, 2.05) is 0 Å². The van der Waals surface area contributed by atoms with Gasteiger partial charge in [-0.1, -0.05) is 18.2 Å². The van der Waals surface area contributed by atoms with Gasteiger partial charge in [0.2, 0.25) is 9.84 Å². The lowest BCUT2D eigenvalue weighted by Gasteiger charge is -2.11. The fourth-order valence-corrected chi connectivity index (χ4v) is 3.67. The van der Waals surface area contributed by atoms with Gasteiger partial charge in [-0.15, -0.1) is 0 Å². The van der Waals surface area contributed by atoms with Crippen LogP contribution in [-0.2, 0) is 9.84 Å². The Bertz CT molecular complexity index is 733. The smallest absolute Gasteiger partial charge is 0.207 e. The minimum atomic E-state index is -3.71. The molecule has 0 saturated carbocycles. The van der Waals surface area contributed by atoms with Crippen molar-refractivity contribution in [3.8, 4) is 11.5 Å². The number of rotatable bonds is 2. The Balaban J connectivity index is 2.72. The summed E-state index contributed by atoms with van der Waals surface area (Å²) in [6.07, 6.45) is 0. The minimum Gasteiger partial charge on any atom is -0.504 e. The molecule has 2 aromatic carbocycles. The third-order valence-corrected chi connectivity index (χ3v) is 5.09. The Morgan fingerprint density at radius 2 is 1.53 bits per heavy atom.